The highest BCUT2D eigenvalue weighted by molar-refractivity contribution is 6.42. The van der Waals surface area contributed by atoms with Crippen LogP contribution in [0, 0.1) is 5.92 Å². The van der Waals surface area contributed by atoms with Crippen LogP contribution in [0.2, 0.25) is 10.0 Å². The highest BCUT2D eigenvalue weighted by atomic mass is 35.5. The van der Waals surface area contributed by atoms with Crippen LogP contribution in [0.5, 0.6) is 0 Å². The second-order valence-corrected chi connectivity index (χ2v) is 15.6. The minimum Gasteiger partial charge on any atom is -0.444 e. The lowest BCUT2D eigenvalue weighted by Crippen LogP contribution is -2.64. The minimum atomic E-state index is -0.544. The number of carbonyl (C=O) groups excluding carboxylic acids is 3. The fraction of sp³-hybridized carbons (Fsp3) is 0.743. The van der Waals surface area contributed by atoms with Gasteiger partial charge in [-0.2, -0.15) is 0 Å². The molecule has 3 saturated heterocycles. The summed E-state index contributed by atoms with van der Waals surface area (Å²) in [6, 6.07) is 5.78. The Kier molecular flexibility index (Phi) is 12.7. The predicted molar refractivity (Wildman–Crippen MR) is 185 cm³/mol. The molecular formula is C35H55Cl2N5O4. The summed E-state index contributed by atoms with van der Waals surface area (Å²) in [6.45, 7) is 11.8. The first kappa shape index (κ1) is 36.8. The Labute approximate surface area is 286 Å². The number of piperidine rings is 3. The van der Waals surface area contributed by atoms with Gasteiger partial charge in [0.15, 0.2) is 0 Å². The van der Waals surface area contributed by atoms with Crippen molar-refractivity contribution in [1.82, 2.24) is 24.5 Å². The van der Waals surface area contributed by atoms with Gasteiger partial charge >= 0.3 is 6.09 Å². The van der Waals surface area contributed by atoms with Crippen molar-refractivity contribution < 1.29 is 19.1 Å². The molecule has 3 amide bonds. The van der Waals surface area contributed by atoms with Gasteiger partial charge in [-0.25, -0.2) is 4.79 Å². The van der Waals surface area contributed by atoms with E-state index in [9.17, 15) is 14.4 Å². The van der Waals surface area contributed by atoms with Gasteiger partial charge in [-0.1, -0.05) is 35.7 Å². The third-order valence-corrected chi connectivity index (χ3v) is 10.8. The maximum Gasteiger partial charge on any atom is 0.410 e. The zero-order valence-corrected chi connectivity index (χ0v) is 30.3. The molecule has 1 atom stereocenters. The number of ether oxygens (including phenoxy) is 1. The molecule has 0 aromatic heterocycles. The third-order valence-electron chi connectivity index (χ3n) is 10.0. The first-order valence-corrected chi connectivity index (χ1v) is 17.8. The van der Waals surface area contributed by atoms with Crippen LogP contribution in [0.25, 0.3) is 0 Å². The van der Waals surface area contributed by atoms with Gasteiger partial charge in [0.1, 0.15) is 11.1 Å². The molecule has 4 rings (SSSR count). The van der Waals surface area contributed by atoms with Crippen molar-refractivity contribution in [1.29, 1.82) is 0 Å². The van der Waals surface area contributed by atoms with Crippen LogP contribution in [0.1, 0.15) is 83.6 Å². The van der Waals surface area contributed by atoms with Gasteiger partial charge in [0.2, 0.25) is 11.8 Å². The lowest BCUT2D eigenvalue weighted by atomic mass is 9.82. The van der Waals surface area contributed by atoms with Crippen LogP contribution in [-0.2, 0) is 14.3 Å². The van der Waals surface area contributed by atoms with E-state index in [1.165, 1.54) is 6.42 Å². The van der Waals surface area contributed by atoms with E-state index in [0.29, 0.717) is 42.5 Å². The molecule has 0 spiro atoms. The number of rotatable bonds is 9. The average Bonchev–Trinajstić information content (AvgIpc) is 3.03. The summed E-state index contributed by atoms with van der Waals surface area (Å²) in [6.07, 6.45) is 7.01. The molecule has 0 N–H and O–H groups in total. The number of nitrogens with zero attached hydrogens (tertiary/aromatic N) is 5. The molecule has 0 radical (unpaired) electrons. The van der Waals surface area contributed by atoms with Crippen molar-refractivity contribution in [3.8, 4) is 0 Å². The van der Waals surface area contributed by atoms with E-state index in [-0.39, 0.29) is 29.7 Å². The largest absolute Gasteiger partial charge is 0.444 e. The van der Waals surface area contributed by atoms with Gasteiger partial charge in [0, 0.05) is 65.7 Å². The lowest BCUT2D eigenvalue weighted by Gasteiger charge is -2.50. The topological polar surface area (TPSA) is 76.6 Å². The van der Waals surface area contributed by atoms with E-state index < -0.39 is 11.1 Å². The van der Waals surface area contributed by atoms with Crippen LogP contribution < -0.4 is 0 Å². The van der Waals surface area contributed by atoms with E-state index in [1.807, 2.05) is 65.0 Å². The smallest absolute Gasteiger partial charge is 0.410 e. The third kappa shape index (κ3) is 9.30. The molecule has 0 bridgehead atoms. The molecule has 3 heterocycles. The first-order valence-electron chi connectivity index (χ1n) is 17.1. The van der Waals surface area contributed by atoms with E-state index in [2.05, 4.69) is 9.80 Å². The number of halogens is 2. The summed E-state index contributed by atoms with van der Waals surface area (Å²) in [5, 5.41) is 1.03. The van der Waals surface area contributed by atoms with Gasteiger partial charge in [-0.05, 0) is 103 Å². The SMILES string of the molecule is CN(C)C(=O)C1(N2CCCCC2)CCN(CCC(CN(C)C(=O)C2CCN(C(=O)OC(C)(C)C)CC2)c2ccc(Cl)c(Cl)c2)CC1. The number of hydrogen-bond acceptors (Lipinski definition) is 6. The summed E-state index contributed by atoms with van der Waals surface area (Å²) in [4.78, 5) is 50.0. The summed E-state index contributed by atoms with van der Waals surface area (Å²) >= 11 is 12.7. The summed E-state index contributed by atoms with van der Waals surface area (Å²) in [5.74, 6) is 0.292. The zero-order chi connectivity index (χ0) is 33.6. The first-order chi connectivity index (χ1) is 21.7. The summed E-state index contributed by atoms with van der Waals surface area (Å²) < 4.78 is 5.53. The van der Waals surface area contributed by atoms with Crippen LogP contribution in [0.4, 0.5) is 4.79 Å². The second-order valence-electron chi connectivity index (χ2n) is 14.7. The molecule has 11 heteroatoms. The molecule has 3 aliphatic heterocycles. The van der Waals surface area contributed by atoms with Crippen molar-refractivity contribution >= 4 is 41.1 Å². The molecular weight excluding hydrogens is 625 g/mol. The van der Waals surface area contributed by atoms with Crippen LogP contribution >= 0.6 is 23.2 Å². The minimum absolute atomic E-state index is 0.0720. The molecule has 9 nitrogen and oxygen atoms in total. The molecule has 46 heavy (non-hydrogen) atoms. The molecule has 3 aliphatic rings. The molecule has 0 saturated carbocycles. The quantitative estimate of drug-likeness (QED) is 0.320. The number of hydrogen-bond donors (Lipinski definition) is 0. The monoisotopic (exact) mass is 679 g/mol. The number of likely N-dealkylation sites (N-methyl/N-ethyl adjacent to an activating group) is 2. The number of likely N-dealkylation sites (tertiary alicyclic amines) is 3. The maximum absolute atomic E-state index is 13.6. The molecule has 1 unspecified atom stereocenters. The van der Waals surface area contributed by atoms with E-state index in [1.54, 1.807) is 9.80 Å². The zero-order valence-electron chi connectivity index (χ0n) is 28.8. The average molecular weight is 681 g/mol. The van der Waals surface area contributed by atoms with Gasteiger partial charge in [-0.15, -0.1) is 0 Å². The Bertz CT molecular complexity index is 1200. The highest BCUT2D eigenvalue weighted by Gasteiger charge is 2.47. The van der Waals surface area contributed by atoms with Gasteiger partial charge in [0.25, 0.3) is 0 Å². The van der Waals surface area contributed by atoms with Gasteiger partial charge in [0.05, 0.1) is 10.0 Å². The highest BCUT2D eigenvalue weighted by Crippen LogP contribution is 2.35. The predicted octanol–water partition coefficient (Wildman–Crippen LogP) is 5.98. The molecule has 3 fully saturated rings. The molecule has 1 aromatic rings. The van der Waals surface area contributed by atoms with E-state index in [4.69, 9.17) is 27.9 Å². The standard InChI is InChI=1S/C35H55Cl2N5O4/c1-34(2,3)46-33(45)41-20-13-26(14-21-41)31(43)39(6)25-28(27-10-11-29(36)30(37)24-27)12-19-40-22-15-35(16-23-40,32(44)38(4)5)42-17-8-7-9-18-42/h10-11,24,26,28H,7-9,12-23,25H2,1-6H3. The Morgan fingerprint density at radius 1 is 0.935 bits per heavy atom. The van der Waals surface area contributed by atoms with Crippen molar-refractivity contribution in [2.24, 2.45) is 5.92 Å². The van der Waals surface area contributed by atoms with Crippen LogP contribution in [0.15, 0.2) is 18.2 Å². The summed E-state index contributed by atoms with van der Waals surface area (Å²) in [5.41, 5.74) is 0.115. The second kappa shape index (κ2) is 15.9. The Hall–Kier alpha value is -2.07. The Balaban J connectivity index is 1.38. The van der Waals surface area contributed by atoms with E-state index in [0.717, 1.165) is 70.4 Å². The molecule has 258 valence electrons. The van der Waals surface area contributed by atoms with Crippen molar-refractivity contribution in [3.05, 3.63) is 33.8 Å². The van der Waals surface area contributed by atoms with Crippen molar-refractivity contribution in [2.45, 2.75) is 89.2 Å². The van der Waals surface area contributed by atoms with Crippen molar-refractivity contribution in [3.63, 3.8) is 0 Å². The Morgan fingerprint density at radius 3 is 2.13 bits per heavy atom. The van der Waals surface area contributed by atoms with Crippen LogP contribution in [0.3, 0.4) is 0 Å². The summed E-state index contributed by atoms with van der Waals surface area (Å²) in [7, 11) is 5.64. The molecule has 0 aliphatic carbocycles. The molecule has 1 aromatic carbocycles. The Morgan fingerprint density at radius 2 is 1.57 bits per heavy atom. The maximum atomic E-state index is 13.6. The fourth-order valence-electron chi connectivity index (χ4n) is 7.39. The van der Waals surface area contributed by atoms with Gasteiger partial charge < -0.3 is 24.3 Å². The number of benzene rings is 1. The van der Waals surface area contributed by atoms with E-state index >= 15 is 0 Å². The number of carbonyl (C=O) groups is 3. The van der Waals surface area contributed by atoms with Crippen LogP contribution in [-0.4, -0.2) is 127 Å². The van der Waals surface area contributed by atoms with Crippen molar-refractivity contribution in [2.75, 3.05) is 73.5 Å². The fourth-order valence-corrected chi connectivity index (χ4v) is 7.69. The normalized spacial score (nSPS) is 20.7. The van der Waals surface area contributed by atoms with Gasteiger partial charge in [-0.3, -0.25) is 14.5 Å². The lowest BCUT2D eigenvalue weighted by molar-refractivity contribution is -0.147. The number of amides is 3.